The summed E-state index contributed by atoms with van der Waals surface area (Å²) in [5.41, 5.74) is 0.839. The van der Waals surface area contributed by atoms with Gasteiger partial charge in [-0.2, -0.15) is 0 Å². The highest BCUT2D eigenvalue weighted by molar-refractivity contribution is 5.99. The van der Waals surface area contributed by atoms with E-state index in [1.807, 2.05) is 30.3 Å². The topological polar surface area (TPSA) is 84.0 Å². The number of nitrogens with zero attached hydrogens (tertiary/aromatic N) is 2. The summed E-state index contributed by atoms with van der Waals surface area (Å²) in [6.45, 7) is -0.393. The van der Waals surface area contributed by atoms with Gasteiger partial charge in [-0.3, -0.25) is 9.59 Å². The Kier molecular flexibility index (Phi) is 5.46. The first-order valence-electron chi connectivity index (χ1n) is 7.93. The number of amides is 2. The minimum Gasteiger partial charge on any atom is -0.343 e. The van der Waals surface area contributed by atoms with Gasteiger partial charge in [-0.1, -0.05) is 30.3 Å². The van der Waals surface area contributed by atoms with Crippen LogP contribution in [0.3, 0.4) is 0 Å². The first kappa shape index (κ1) is 18.1. The quantitative estimate of drug-likeness (QED) is 0.725. The number of hydrogen-bond donors (Lipinski definition) is 2. The minimum atomic E-state index is -1.00. The number of anilines is 1. The Morgan fingerprint density at radius 2 is 1.67 bits per heavy atom. The molecule has 8 heteroatoms. The molecule has 0 aliphatic carbocycles. The van der Waals surface area contributed by atoms with Crippen molar-refractivity contribution in [1.29, 1.82) is 0 Å². The smallest absolute Gasteiger partial charge is 0.254 e. The standard InChI is InChI=1S/C19H14F2N4O2/c20-13-6-7-15(16(21)8-13)19(27)24-11-17(26)25-14-9-22-18(23-10-14)12-4-2-1-3-5-12/h1-10H,11H2,(H,24,27)(H,25,26). The monoisotopic (exact) mass is 368 g/mol. The summed E-state index contributed by atoms with van der Waals surface area (Å²) in [5.74, 6) is -2.65. The van der Waals surface area contributed by atoms with E-state index < -0.39 is 30.0 Å². The van der Waals surface area contributed by atoms with E-state index in [4.69, 9.17) is 0 Å². The van der Waals surface area contributed by atoms with Gasteiger partial charge in [0.15, 0.2) is 5.82 Å². The fourth-order valence-corrected chi connectivity index (χ4v) is 2.26. The number of rotatable bonds is 5. The maximum absolute atomic E-state index is 13.5. The van der Waals surface area contributed by atoms with E-state index in [1.54, 1.807) is 0 Å². The largest absolute Gasteiger partial charge is 0.343 e. The van der Waals surface area contributed by atoms with Crippen molar-refractivity contribution in [2.75, 3.05) is 11.9 Å². The van der Waals surface area contributed by atoms with E-state index in [0.29, 0.717) is 17.6 Å². The second-order valence-corrected chi connectivity index (χ2v) is 5.52. The lowest BCUT2D eigenvalue weighted by Crippen LogP contribution is -2.33. The van der Waals surface area contributed by atoms with Gasteiger partial charge in [0, 0.05) is 11.6 Å². The van der Waals surface area contributed by atoms with Crippen molar-refractivity contribution in [1.82, 2.24) is 15.3 Å². The molecule has 136 valence electrons. The Hall–Kier alpha value is -3.68. The molecule has 0 atom stereocenters. The van der Waals surface area contributed by atoms with Crippen LogP contribution < -0.4 is 10.6 Å². The fourth-order valence-electron chi connectivity index (χ4n) is 2.26. The van der Waals surface area contributed by atoms with Crippen LogP contribution >= 0.6 is 0 Å². The van der Waals surface area contributed by atoms with E-state index in [2.05, 4.69) is 20.6 Å². The van der Waals surface area contributed by atoms with Crippen molar-refractivity contribution in [2.24, 2.45) is 0 Å². The summed E-state index contributed by atoms with van der Waals surface area (Å²) in [6.07, 6.45) is 2.88. The maximum atomic E-state index is 13.5. The molecule has 6 nitrogen and oxygen atoms in total. The van der Waals surface area contributed by atoms with Crippen molar-refractivity contribution >= 4 is 17.5 Å². The third kappa shape index (κ3) is 4.69. The Morgan fingerprint density at radius 3 is 2.33 bits per heavy atom. The molecule has 0 radical (unpaired) electrons. The summed E-state index contributed by atoms with van der Waals surface area (Å²) in [5, 5.41) is 4.78. The highest BCUT2D eigenvalue weighted by Crippen LogP contribution is 2.14. The van der Waals surface area contributed by atoms with E-state index in [-0.39, 0.29) is 5.56 Å². The SMILES string of the molecule is O=C(CNC(=O)c1ccc(F)cc1F)Nc1cnc(-c2ccccc2)nc1. The van der Waals surface area contributed by atoms with Gasteiger partial charge in [-0.05, 0) is 12.1 Å². The van der Waals surface area contributed by atoms with Crippen molar-refractivity contribution < 1.29 is 18.4 Å². The molecule has 2 aromatic carbocycles. The highest BCUT2D eigenvalue weighted by Gasteiger charge is 2.13. The molecule has 1 heterocycles. The van der Waals surface area contributed by atoms with Crippen molar-refractivity contribution in [3.8, 4) is 11.4 Å². The zero-order chi connectivity index (χ0) is 19.2. The van der Waals surface area contributed by atoms with Gasteiger partial charge in [-0.25, -0.2) is 18.7 Å². The van der Waals surface area contributed by atoms with Crippen LogP contribution in [0.15, 0.2) is 60.9 Å². The fraction of sp³-hybridized carbons (Fsp3) is 0.0526. The number of carbonyl (C=O) groups is 2. The number of halogens is 2. The van der Waals surface area contributed by atoms with Gasteiger partial charge >= 0.3 is 0 Å². The molecule has 0 saturated heterocycles. The summed E-state index contributed by atoms with van der Waals surface area (Å²) < 4.78 is 26.4. The number of nitrogens with one attached hydrogen (secondary N) is 2. The first-order valence-corrected chi connectivity index (χ1v) is 7.93. The molecular formula is C19H14F2N4O2. The lowest BCUT2D eigenvalue weighted by molar-refractivity contribution is -0.115. The second kappa shape index (κ2) is 8.13. The number of hydrogen-bond acceptors (Lipinski definition) is 4. The Bertz CT molecular complexity index is 963. The third-order valence-corrected chi connectivity index (χ3v) is 3.55. The number of carbonyl (C=O) groups excluding carboxylic acids is 2. The average molecular weight is 368 g/mol. The van der Waals surface area contributed by atoms with Gasteiger partial charge in [0.25, 0.3) is 5.91 Å². The number of benzene rings is 2. The molecule has 0 fully saturated rings. The lowest BCUT2D eigenvalue weighted by atomic mass is 10.2. The van der Waals surface area contributed by atoms with E-state index in [9.17, 15) is 18.4 Å². The summed E-state index contributed by atoms with van der Waals surface area (Å²) in [7, 11) is 0. The van der Waals surface area contributed by atoms with Crippen LogP contribution in [0.1, 0.15) is 10.4 Å². The molecule has 0 aliphatic rings. The maximum Gasteiger partial charge on any atom is 0.254 e. The van der Waals surface area contributed by atoms with Gasteiger partial charge in [0.1, 0.15) is 11.6 Å². The predicted octanol–water partition coefficient (Wildman–Crippen LogP) is 2.79. The van der Waals surface area contributed by atoms with Gasteiger partial charge in [0.05, 0.1) is 30.2 Å². The molecular weight excluding hydrogens is 354 g/mol. The Morgan fingerprint density at radius 1 is 0.963 bits per heavy atom. The van der Waals surface area contributed by atoms with Crippen molar-refractivity contribution in [3.63, 3.8) is 0 Å². The van der Waals surface area contributed by atoms with Crippen LogP contribution in [0, 0.1) is 11.6 Å². The number of aromatic nitrogens is 2. The first-order chi connectivity index (χ1) is 13.0. The van der Waals surface area contributed by atoms with Gasteiger partial charge in [-0.15, -0.1) is 0 Å². The highest BCUT2D eigenvalue weighted by atomic mass is 19.1. The molecule has 0 saturated carbocycles. The summed E-state index contributed by atoms with van der Waals surface area (Å²) in [6, 6.07) is 11.9. The average Bonchev–Trinajstić information content (AvgIpc) is 2.67. The molecule has 2 N–H and O–H groups in total. The minimum absolute atomic E-state index is 0.347. The second-order valence-electron chi connectivity index (χ2n) is 5.52. The molecule has 0 bridgehead atoms. The van der Waals surface area contributed by atoms with Gasteiger partial charge in [0.2, 0.25) is 5.91 Å². The molecule has 0 spiro atoms. The zero-order valence-corrected chi connectivity index (χ0v) is 13.9. The van der Waals surface area contributed by atoms with Crippen molar-refractivity contribution in [3.05, 3.63) is 78.1 Å². The van der Waals surface area contributed by atoms with Crippen molar-refractivity contribution in [2.45, 2.75) is 0 Å². The molecule has 3 rings (SSSR count). The van der Waals surface area contributed by atoms with E-state index in [1.165, 1.54) is 12.4 Å². The van der Waals surface area contributed by atoms with Gasteiger partial charge < -0.3 is 10.6 Å². The predicted molar refractivity (Wildman–Crippen MR) is 94.8 cm³/mol. The Labute approximate surface area is 153 Å². The molecule has 2 amide bonds. The van der Waals surface area contributed by atoms with Crippen LogP contribution in [0.2, 0.25) is 0 Å². The molecule has 3 aromatic rings. The van der Waals surface area contributed by atoms with E-state index >= 15 is 0 Å². The Balaban J connectivity index is 1.55. The lowest BCUT2D eigenvalue weighted by Gasteiger charge is -2.08. The molecule has 1 aromatic heterocycles. The van der Waals surface area contributed by atoms with Crippen LogP contribution in [0.25, 0.3) is 11.4 Å². The normalized spacial score (nSPS) is 10.3. The van der Waals surface area contributed by atoms with Crippen LogP contribution in [0.4, 0.5) is 14.5 Å². The third-order valence-electron chi connectivity index (χ3n) is 3.55. The molecule has 0 unspecified atom stereocenters. The van der Waals surface area contributed by atoms with E-state index in [0.717, 1.165) is 17.7 Å². The van der Waals surface area contributed by atoms with Crippen LogP contribution in [-0.4, -0.2) is 28.3 Å². The zero-order valence-electron chi connectivity index (χ0n) is 13.9. The summed E-state index contributed by atoms with van der Waals surface area (Å²) >= 11 is 0. The van der Waals surface area contributed by atoms with Crippen LogP contribution in [-0.2, 0) is 4.79 Å². The molecule has 27 heavy (non-hydrogen) atoms. The summed E-state index contributed by atoms with van der Waals surface area (Å²) in [4.78, 5) is 32.1. The van der Waals surface area contributed by atoms with Crippen LogP contribution in [0.5, 0.6) is 0 Å². The molecule has 0 aliphatic heterocycles.